The lowest BCUT2D eigenvalue weighted by Gasteiger charge is -2.24. The fraction of sp³-hybridized carbons (Fsp3) is 0.350. The molecule has 140 valence electrons. The van der Waals surface area contributed by atoms with Crippen molar-refractivity contribution in [2.45, 2.75) is 12.6 Å². The second kappa shape index (κ2) is 7.85. The van der Waals surface area contributed by atoms with Gasteiger partial charge >= 0.3 is 0 Å². The van der Waals surface area contributed by atoms with E-state index < -0.39 is 0 Å². The number of carbonyl (C=O) groups excluding carboxylic acids is 1. The van der Waals surface area contributed by atoms with Gasteiger partial charge in [0.1, 0.15) is 0 Å². The van der Waals surface area contributed by atoms with Gasteiger partial charge in [0.25, 0.3) is 5.91 Å². The summed E-state index contributed by atoms with van der Waals surface area (Å²) in [4.78, 5) is 21.6. The number of benzene rings is 1. The molecule has 1 unspecified atom stereocenters. The van der Waals surface area contributed by atoms with Gasteiger partial charge in [0.15, 0.2) is 5.69 Å². The molecule has 0 saturated carbocycles. The van der Waals surface area contributed by atoms with Crippen molar-refractivity contribution >= 4 is 16.8 Å². The Morgan fingerprint density at radius 2 is 2.00 bits per heavy atom. The SMILES string of the molecule is CN1CCN(Cc2ccncc2)CC(NC(=O)c2n[nH]c3ccccc23)C1. The van der Waals surface area contributed by atoms with Crippen molar-refractivity contribution in [2.24, 2.45) is 0 Å². The van der Waals surface area contributed by atoms with Crippen LogP contribution in [0.1, 0.15) is 16.1 Å². The molecule has 7 heteroatoms. The van der Waals surface area contributed by atoms with Gasteiger partial charge in [-0.25, -0.2) is 0 Å². The maximum absolute atomic E-state index is 12.8. The van der Waals surface area contributed by atoms with E-state index >= 15 is 0 Å². The summed E-state index contributed by atoms with van der Waals surface area (Å²) in [6, 6.07) is 11.8. The summed E-state index contributed by atoms with van der Waals surface area (Å²) >= 11 is 0. The van der Waals surface area contributed by atoms with Crippen LogP contribution < -0.4 is 5.32 Å². The molecule has 2 N–H and O–H groups in total. The van der Waals surface area contributed by atoms with Gasteiger partial charge in [-0.3, -0.25) is 19.8 Å². The van der Waals surface area contributed by atoms with Gasteiger partial charge in [-0.1, -0.05) is 18.2 Å². The van der Waals surface area contributed by atoms with Crippen molar-refractivity contribution < 1.29 is 4.79 Å². The predicted molar refractivity (Wildman–Crippen MR) is 104 cm³/mol. The maximum atomic E-state index is 12.8. The molecular weight excluding hydrogens is 340 g/mol. The number of rotatable bonds is 4. The van der Waals surface area contributed by atoms with Crippen molar-refractivity contribution in [2.75, 3.05) is 33.2 Å². The summed E-state index contributed by atoms with van der Waals surface area (Å²) in [5.41, 5.74) is 2.57. The smallest absolute Gasteiger partial charge is 0.272 e. The lowest BCUT2D eigenvalue weighted by molar-refractivity contribution is 0.0920. The number of carbonyl (C=O) groups is 1. The van der Waals surface area contributed by atoms with Crippen LogP contribution in [0.15, 0.2) is 48.8 Å². The number of aromatic amines is 1. The molecule has 1 aromatic carbocycles. The third-order valence-electron chi connectivity index (χ3n) is 4.98. The molecule has 27 heavy (non-hydrogen) atoms. The Bertz CT molecular complexity index is 909. The third kappa shape index (κ3) is 4.15. The molecule has 1 aliphatic rings. The topological polar surface area (TPSA) is 77.2 Å². The molecular formula is C20H24N6O. The molecule has 3 heterocycles. The zero-order chi connectivity index (χ0) is 18.6. The Labute approximate surface area is 158 Å². The van der Waals surface area contributed by atoms with Crippen LogP contribution in [0.25, 0.3) is 10.9 Å². The molecule has 0 spiro atoms. The van der Waals surface area contributed by atoms with Gasteiger partial charge in [0.05, 0.1) is 11.6 Å². The van der Waals surface area contributed by atoms with Crippen LogP contribution >= 0.6 is 0 Å². The summed E-state index contributed by atoms with van der Waals surface area (Å²) in [6.07, 6.45) is 3.64. The largest absolute Gasteiger partial charge is 0.345 e. The van der Waals surface area contributed by atoms with E-state index in [-0.39, 0.29) is 11.9 Å². The Morgan fingerprint density at radius 1 is 1.19 bits per heavy atom. The zero-order valence-electron chi connectivity index (χ0n) is 15.4. The molecule has 1 atom stereocenters. The fourth-order valence-electron chi connectivity index (χ4n) is 3.61. The zero-order valence-corrected chi connectivity index (χ0v) is 15.4. The highest BCUT2D eigenvalue weighted by Crippen LogP contribution is 2.15. The van der Waals surface area contributed by atoms with E-state index in [2.05, 4.69) is 37.3 Å². The molecule has 2 aromatic heterocycles. The summed E-state index contributed by atoms with van der Waals surface area (Å²) in [7, 11) is 2.10. The number of pyridine rings is 1. The fourth-order valence-corrected chi connectivity index (χ4v) is 3.61. The van der Waals surface area contributed by atoms with Gasteiger partial charge in [0.2, 0.25) is 0 Å². The Kier molecular flexibility index (Phi) is 5.13. The van der Waals surface area contributed by atoms with E-state index in [0.29, 0.717) is 5.69 Å². The lowest BCUT2D eigenvalue weighted by atomic mass is 10.2. The highest BCUT2D eigenvalue weighted by atomic mass is 16.2. The number of nitrogens with one attached hydrogen (secondary N) is 2. The number of H-pyrrole nitrogens is 1. The van der Waals surface area contributed by atoms with Crippen molar-refractivity contribution in [3.8, 4) is 0 Å². The number of nitrogens with zero attached hydrogens (tertiary/aromatic N) is 4. The van der Waals surface area contributed by atoms with Gasteiger partial charge < -0.3 is 10.2 Å². The van der Waals surface area contributed by atoms with Crippen LogP contribution in [-0.2, 0) is 6.54 Å². The van der Waals surface area contributed by atoms with Crippen LogP contribution in [0, 0.1) is 0 Å². The number of aromatic nitrogens is 3. The predicted octanol–water partition coefficient (Wildman–Crippen LogP) is 1.50. The minimum absolute atomic E-state index is 0.0438. The molecule has 1 amide bonds. The van der Waals surface area contributed by atoms with Gasteiger partial charge in [-0.05, 0) is 30.8 Å². The van der Waals surface area contributed by atoms with Gasteiger partial charge in [-0.15, -0.1) is 0 Å². The number of amides is 1. The highest BCUT2D eigenvalue weighted by Gasteiger charge is 2.24. The minimum atomic E-state index is -0.128. The monoisotopic (exact) mass is 364 g/mol. The van der Waals surface area contributed by atoms with Crippen LogP contribution in [0.5, 0.6) is 0 Å². The molecule has 1 fully saturated rings. The average molecular weight is 364 g/mol. The second-order valence-corrected chi connectivity index (χ2v) is 7.14. The quantitative estimate of drug-likeness (QED) is 0.734. The first-order chi connectivity index (χ1) is 13.2. The van der Waals surface area contributed by atoms with Crippen LogP contribution in [0.2, 0.25) is 0 Å². The Morgan fingerprint density at radius 3 is 2.85 bits per heavy atom. The van der Waals surface area contributed by atoms with E-state index in [0.717, 1.165) is 43.6 Å². The maximum Gasteiger partial charge on any atom is 0.272 e. The molecule has 0 bridgehead atoms. The van der Waals surface area contributed by atoms with E-state index in [9.17, 15) is 4.79 Å². The summed E-state index contributed by atoms with van der Waals surface area (Å²) in [5, 5.41) is 11.2. The third-order valence-corrected chi connectivity index (χ3v) is 4.98. The number of likely N-dealkylation sites (N-methyl/N-ethyl adjacent to an activating group) is 1. The molecule has 1 aliphatic heterocycles. The first kappa shape index (κ1) is 17.6. The second-order valence-electron chi connectivity index (χ2n) is 7.14. The van der Waals surface area contributed by atoms with E-state index in [4.69, 9.17) is 0 Å². The van der Waals surface area contributed by atoms with Crippen molar-refractivity contribution in [3.05, 3.63) is 60.0 Å². The lowest BCUT2D eigenvalue weighted by Crippen LogP contribution is -2.46. The van der Waals surface area contributed by atoms with E-state index in [1.807, 2.05) is 48.8 Å². The van der Waals surface area contributed by atoms with Crippen molar-refractivity contribution in [3.63, 3.8) is 0 Å². The van der Waals surface area contributed by atoms with Gasteiger partial charge in [-0.2, -0.15) is 5.10 Å². The first-order valence-electron chi connectivity index (χ1n) is 9.23. The van der Waals surface area contributed by atoms with Crippen molar-refractivity contribution in [1.29, 1.82) is 0 Å². The average Bonchev–Trinajstić information content (AvgIpc) is 3.03. The number of hydrogen-bond donors (Lipinski definition) is 2. The minimum Gasteiger partial charge on any atom is -0.345 e. The molecule has 0 aliphatic carbocycles. The van der Waals surface area contributed by atoms with Gasteiger partial charge in [0, 0.05) is 50.5 Å². The Hall–Kier alpha value is -2.77. The molecule has 4 rings (SSSR count). The molecule has 0 radical (unpaired) electrons. The normalized spacial score (nSPS) is 19.1. The van der Waals surface area contributed by atoms with E-state index in [1.54, 1.807) is 0 Å². The molecule has 3 aromatic rings. The van der Waals surface area contributed by atoms with E-state index in [1.165, 1.54) is 5.56 Å². The number of hydrogen-bond acceptors (Lipinski definition) is 5. The first-order valence-corrected chi connectivity index (χ1v) is 9.23. The van der Waals surface area contributed by atoms with Crippen LogP contribution in [-0.4, -0.2) is 70.2 Å². The van der Waals surface area contributed by atoms with Crippen LogP contribution in [0.4, 0.5) is 0 Å². The Balaban J connectivity index is 1.47. The molecule has 1 saturated heterocycles. The number of fused-ring (bicyclic) bond motifs is 1. The highest BCUT2D eigenvalue weighted by molar-refractivity contribution is 6.04. The summed E-state index contributed by atoms with van der Waals surface area (Å²) in [6.45, 7) is 4.43. The van der Waals surface area contributed by atoms with Crippen molar-refractivity contribution in [1.82, 2.24) is 30.3 Å². The van der Waals surface area contributed by atoms with Crippen LogP contribution in [0.3, 0.4) is 0 Å². The standard InChI is InChI=1S/C20H24N6O/c1-25-10-11-26(12-15-6-8-21-9-7-15)14-16(13-25)22-20(27)19-17-4-2-3-5-18(17)23-24-19/h2-9,16H,10-14H2,1H3,(H,22,27)(H,23,24). The number of para-hydroxylation sites is 1. The summed E-state index contributed by atoms with van der Waals surface area (Å²) < 4.78 is 0. The molecule has 7 nitrogen and oxygen atoms in total. The summed E-state index contributed by atoms with van der Waals surface area (Å²) in [5.74, 6) is -0.128.